The molecule has 19 heavy (non-hydrogen) atoms. The minimum Gasteiger partial charge on any atom is -0.339 e. The highest BCUT2D eigenvalue weighted by Gasteiger charge is 2.22. The molecule has 1 N–H and O–H groups in total. The van der Waals surface area contributed by atoms with E-state index in [1.807, 2.05) is 6.07 Å². The van der Waals surface area contributed by atoms with Gasteiger partial charge in [-0.2, -0.15) is 10.2 Å². The highest BCUT2D eigenvalue weighted by Crippen LogP contribution is 2.31. The van der Waals surface area contributed by atoms with Crippen LogP contribution in [-0.4, -0.2) is 20.1 Å². The molecule has 6 heteroatoms. The third kappa shape index (κ3) is 2.36. The molecule has 98 valence electrons. The van der Waals surface area contributed by atoms with Crippen LogP contribution in [0.25, 0.3) is 11.6 Å². The van der Waals surface area contributed by atoms with E-state index in [0.29, 0.717) is 17.5 Å². The highest BCUT2D eigenvalue weighted by molar-refractivity contribution is 5.54. The van der Waals surface area contributed by atoms with Gasteiger partial charge >= 0.3 is 0 Å². The van der Waals surface area contributed by atoms with Gasteiger partial charge in [0.05, 0.1) is 6.33 Å². The molecule has 0 saturated heterocycles. The number of hydrogen-bond acceptors (Lipinski definition) is 5. The van der Waals surface area contributed by atoms with Crippen LogP contribution in [0.4, 0.5) is 0 Å². The van der Waals surface area contributed by atoms with Gasteiger partial charge in [0, 0.05) is 5.92 Å². The molecule has 2 aromatic rings. The Morgan fingerprint density at radius 1 is 1.26 bits per heavy atom. The average Bonchev–Trinajstić information content (AvgIpc) is 3.01. The number of rotatable bonds is 2. The summed E-state index contributed by atoms with van der Waals surface area (Å²) in [5.74, 6) is 1.50. The molecule has 2 heterocycles. The second-order valence-electron chi connectivity index (χ2n) is 4.88. The first-order valence-corrected chi connectivity index (χ1v) is 6.66. The number of aromatic amines is 1. The standard InChI is InChI=1S/C13H15N5O/c14-7-10-11(16-8-15-10)13-17-12(18-19-13)9-5-3-1-2-4-6-9/h8-9H,1-6H2,(H,15,16). The van der Waals surface area contributed by atoms with E-state index in [9.17, 15) is 0 Å². The van der Waals surface area contributed by atoms with Gasteiger partial charge in [0.1, 0.15) is 11.8 Å². The molecule has 0 aromatic carbocycles. The van der Waals surface area contributed by atoms with Crippen LogP contribution in [0.3, 0.4) is 0 Å². The largest absolute Gasteiger partial charge is 0.339 e. The molecule has 2 aromatic heterocycles. The van der Waals surface area contributed by atoms with Gasteiger partial charge in [-0.25, -0.2) is 4.98 Å². The summed E-state index contributed by atoms with van der Waals surface area (Å²) < 4.78 is 5.26. The van der Waals surface area contributed by atoms with Crippen LogP contribution >= 0.6 is 0 Å². The zero-order valence-corrected chi connectivity index (χ0v) is 10.6. The lowest BCUT2D eigenvalue weighted by atomic mass is 10.00. The predicted octanol–water partition coefficient (Wildman–Crippen LogP) is 2.77. The van der Waals surface area contributed by atoms with Crippen molar-refractivity contribution in [3.63, 3.8) is 0 Å². The van der Waals surface area contributed by atoms with Crippen molar-refractivity contribution in [2.45, 2.75) is 44.4 Å². The lowest BCUT2D eigenvalue weighted by Crippen LogP contribution is -1.99. The average molecular weight is 257 g/mol. The summed E-state index contributed by atoms with van der Waals surface area (Å²) >= 11 is 0. The zero-order chi connectivity index (χ0) is 13.1. The molecule has 6 nitrogen and oxygen atoms in total. The van der Waals surface area contributed by atoms with E-state index >= 15 is 0 Å². The molecule has 0 atom stereocenters. The van der Waals surface area contributed by atoms with E-state index < -0.39 is 0 Å². The number of nitrogens with one attached hydrogen (secondary N) is 1. The maximum Gasteiger partial charge on any atom is 0.277 e. The molecule has 0 bridgehead atoms. The van der Waals surface area contributed by atoms with E-state index in [2.05, 4.69) is 20.1 Å². The van der Waals surface area contributed by atoms with Gasteiger partial charge in [0.2, 0.25) is 0 Å². The molecule has 0 aliphatic heterocycles. The first kappa shape index (κ1) is 11.9. The minimum absolute atomic E-state index is 0.288. The fraction of sp³-hybridized carbons (Fsp3) is 0.538. The van der Waals surface area contributed by atoms with Gasteiger partial charge in [0.25, 0.3) is 5.89 Å². The highest BCUT2D eigenvalue weighted by atomic mass is 16.5. The predicted molar refractivity (Wildman–Crippen MR) is 67.0 cm³/mol. The smallest absolute Gasteiger partial charge is 0.277 e. The lowest BCUT2D eigenvalue weighted by Gasteiger charge is -2.07. The van der Waals surface area contributed by atoms with Crippen LogP contribution in [0.5, 0.6) is 0 Å². The molecule has 1 fully saturated rings. The van der Waals surface area contributed by atoms with Crippen LogP contribution in [0.15, 0.2) is 10.9 Å². The van der Waals surface area contributed by atoms with Gasteiger partial charge in [0.15, 0.2) is 11.5 Å². The van der Waals surface area contributed by atoms with Crippen LogP contribution in [0.2, 0.25) is 0 Å². The Morgan fingerprint density at radius 3 is 2.79 bits per heavy atom. The van der Waals surface area contributed by atoms with Crippen molar-refractivity contribution in [1.82, 2.24) is 20.1 Å². The van der Waals surface area contributed by atoms with Gasteiger partial charge in [-0.1, -0.05) is 30.8 Å². The Kier molecular flexibility index (Phi) is 3.27. The molecule has 0 unspecified atom stereocenters. The fourth-order valence-electron chi connectivity index (χ4n) is 2.58. The number of imidazole rings is 1. The maximum absolute atomic E-state index is 8.94. The normalized spacial score (nSPS) is 17.0. The van der Waals surface area contributed by atoms with Crippen LogP contribution in [-0.2, 0) is 0 Å². The summed E-state index contributed by atoms with van der Waals surface area (Å²) in [7, 11) is 0. The van der Waals surface area contributed by atoms with Crippen molar-refractivity contribution in [2.75, 3.05) is 0 Å². The van der Waals surface area contributed by atoms with Crippen molar-refractivity contribution in [3.8, 4) is 17.7 Å². The molecule has 0 spiro atoms. The first-order chi connectivity index (χ1) is 9.38. The molecular formula is C13H15N5O. The van der Waals surface area contributed by atoms with E-state index in [-0.39, 0.29) is 5.69 Å². The summed E-state index contributed by atoms with van der Waals surface area (Å²) in [6.45, 7) is 0. The Hall–Kier alpha value is -2.16. The minimum atomic E-state index is 0.288. The van der Waals surface area contributed by atoms with Gasteiger partial charge in [-0.15, -0.1) is 0 Å². The number of aromatic nitrogens is 4. The van der Waals surface area contributed by atoms with Crippen molar-refractivity contribution >= 4 is 0 Å². The SMILES string of the molecule is N#Cc1nc[nH]c1-c1nc(C2CCCCCC2)no1. The van der Waals surface area contributed by atoms with Crippen LogP contribution < -0.4 is 0 Å². The Balaban J connectivity index is 1.85. The van der Waals surface area contributed by atoms with E-state index in [1.165, 1.54) is 32.0 Å². The zero-order valence-electron chi connectivity index (χ0n) is 10.6. The Morgan fingerprint density at radius 2 is 2.05 bits per heavy atom. The van der Waals surface area contributed by atoms with Gasteiger partial charge in [-0.05, 0) is 12.8 Å². The van der Waals surface area contributed by atoms with Gasteiger partial charge < -0.3 is 9.51 Å². The van der Waals surface area contributed by atoms with E-state index in [1.54, 1.807) is 0 Å². The second-order valence-corrected chi connectivity index (χ2v) is 4.88. The topological polar surface area (TPSA) is 91.4 Å². The molecular weight excluding hydrogens is 242 g/mol. The third-order valence-corrected chi connectivity index (χ3v) is 3.62. The lowest BCUT2D eigenvalue weighted by molar-refractivity contribution is 0.409. The van der Waals surface area contributed by atoms with Crippen LogP contribution in [0.1, 0.15) is 56.0 Å². The quantitative estimate of drug-likeness (QED) is 0.835. The molecule has 0 radical (unpaired) electrons. The van der Waals surface area contributed by atoms with Crippen molar-refractivity contribution in [1.29, 1.82) is 5.26 Å². The molecule has 1 saturated carbocycles. The van der Waals surface area contributed by atoms with Crippen molar-refractivity contribution in [2.24, 2.45) is 0 Å². The number of nitriles is 1. The number of hydrogen-bond donors (Lipinski definition) is 1. The molecule has 3 rings (SSSR count). The third-order valence-electron chi connectivity index (χ3n) is 3.62. The van der Waals surface area contributed by atoms with Crippen molar-refractivity contribution in [3.05, 3.63) is 17.8 Å². The van der Waals surface area contributed by atoms with Gasteiger partial charge in [-0.3, -0.25) is 0 Å². The summed E-state index contributed by atoms with van der Waals surface area (Å²) in [5.41, 5.74) is 0.797. The fourth-order valence-corrected chi connectivity index (χ4v) is 2.58. The monoisotopic (exact) mass is 257 g/mol. The summed E-state index contributed by atoms with van der Waals surface area (Å²) in [5, 5.41) is 13.0. The second kappa shape index (κ2) is 5.22. The number of H-pyrrole nitrogens is 1. The Bertz CT molecular complexity index is 586. The van der Waals surface area contributed by atoms with E-state index in [4.69, 9.17) is 9.78 Å². The van der Waals surface area contributed by atoms with Crippen LogP contribution in [0, 0.1) is 11.3 Å². The van der Waals surface area contributed by atoms with Crippen molar-refractivity contribution < 1.29 is 4.52 Å². The summed E-state index contributed by atoms with van der Waals surface area (Å²) in [6, 6.07) is 2.00. The van der Waals surface area contributed by atoms with E-state index in [0.717, 1.165) is 18.7 Å². The maximum atomic E-state index is 8.94. The summed E-state index contributed by atoms with van der Waals surface area (Å²) in [4.78, 5) is 11.2. The first-order valence-electron chi connectivity index (χ1n) is 6.66. The Labute approximate surface area is 110 Å². The molecule has 0 amide bonds. The molecule has 1 aliphatic rings. The number of nitrogens with zero attached hydrogens (tertiary/aromatic N) is 4. The molecule has 1 aliphatic carbocycles. The summed E-state index contributed by atoms with van der Waals surface area (Å²) in [6.07, 6.45) is 8.73.